The van der Waals surface area contributed by atoms with Gasteiger partial charge in [-0.25, -0.2) is 4.98 Å². The molecule has 0 aliphatic rings. The minimum atomic E-state index is -0.486. The lowest BCUT2D eigenvalue weighted by molar-refractivity contribution is 0.0847. The van der Waals surface area contributed by atoms with Crippen molar-refractivity contribution in [3.63, 3.8) is 0 Å². The summed E-state index contributed by atoms with van der Waals surface area (Å²) in [6, 6.07) is 15.8. The minimum absolute atomic E-state index is 0.297. The molecule has 4 aromatic rings. The fourth-order valence-electron chi connectivity index (χ4n) is 3.15. The summed E-state index contributed by atoms with van der Waals surface area (Å²) in [4.78, 5) is 29.7. The highest BCUT2D eigenvalue weighted by Crippen LogP contribution is 2.33. The third-order valence-corrected chi connectivity index (χ3v) is 4.71. The highest BCUT2D eigenvalue weighted by molar-refractivity contribution is 6.08. The number of furan rings is 1. The number of ether oxygens (including phenoxy) is 2. The average molecular weight is 417 g/mol. The van der Waals surface area contributed by atoms with Gasteiger partial charge in [0.25, 0.3) is 11.8 Å². The van der Waals surface area contributed by atoms with E-state index in [1.165, 1.54) is 18.6 Å². The van der Waals surface area contributed by atoms with Gasteiger partial charge in [-0.3, -0.25) is 20.4 Å². The molecule has 0 radical (unpaired) electrons. The van der Waals surface area contributed by atoms with E-state index in [9.17, 15) is 9.59 Å². The normalized spacial score (nSPS) is 10.5. The van der Waals surface area contributed by atoms with Gasteiger partial charge in [0.05, 0.1) is 42.8 Å². The Labute approximate surface area is 177 Å². The summed E-state index contributed by atoms with van der Waals surface area (Å²) >= 11 is 0. The van der Waals surface area contributed by atoms with Crippen molar-refractivity contribution in [2.45, 2.75) is 0 Å². The summed E-state index contributed by atoms with van der Waals surface area (Å²) < 4.78 is 15.5. The Kier molecular flexibility index (Phi) is 5.53. The first-order valence-electron chi connectivity index (χ1n) is 9.36. The Morgan fingerprint density at radius 1 is 0.903 bits per heavy atom. The first-order chi connectivity index (χ1) is 15.1. The van der Waals surface area contributed by atoms with E-state index in [4.69, 9.17) is 13.9 Å². The molecule has 0 saturated carbocycles. The van der Waals surface area contributed by atoms with Gasteiger partial charge in [0.1, 0.15) is 6.26 Å². The van der Waals surface area contributed by atoms with Crippen LogP contribution in [0, 0.1) is 0 Å². The Morgan fingerprint density at radius 2 is 1.68 bits per heavy atom. The Bertz CT molecular complexity index is 1250. The van der Waals surface area contributed by atoms with Crippen molar-refractivity contribution in [1.82, 2.24) is 15.8 Å². The maximum absolute atomic E-state index is 12.9. The Morgan fingerprint density at radius 3 is 2.42 bits per heavy atom. The second-order valence-corrected chi connectivity index (χ2v) is 6.56. The lowest BCUT2D eigenvalue weighted by atomic mass is 10.0. The molecule has 8 nitrogen and oxygen atoms in total. The first kappa shape index (κ1) is 20.0. The number of nitrogens with one attached hydrogen (secondary N) is 2. The second kappa shape index (κ2) is 8.58. The molecule has 2 aromatic heterocycles. The summed E-state index contributed by atoms with van der Waals surface area (Å²) in [6.07, 6.45) is 2.67. The molecule has 0 saturated heterocycles. The Balaban J connectivity index is 1.70. The van der Waals surface area contributed by atoms with Crippen LogP contribution in [0.15, 0.2) is 71.5 Å². The van der Waals surface area contributed by atoms with Gasteiger partial charge in [0.15, 0.2) is 11.5 Å². The summed E-state index contributed by atoms with van der Waals surface area (Å²) in [7, 11) is 3.11. The van der Waals surface area contributed by atoms with Crippen molar-refractivity contribution in [2.24, 2.45) is 0 Å². The maximum atomic E-state index is 12.9. The molecule has 156 valence electrons. The van der Waals surface area contributed by atoms with Crippen molar-refractivity contribution in [1.29, 1.82) is 0 Å². The molecule has 0 aliphatic heterocycles. The topological polar surface area (TPSA) is 103 Å². The summed E-state index contributed by atoms with van der Waals surface area (Å²) in [5, 5.41) is 0.654. The number of aromatic nitrogens is 1. The molecule has 2 N–H and O–H groups in total. The number of rotatable bonds is 5. The zero-order valence-electron chi connectivity index (χ0n) is 16.8. The molecule has 0 spiro atoms. The summed E-state index contributed by atoms with van der Waals surface area (Å²) in [5.41, 5.74) is 7.46. The quantitative estimate of drug-likeness (QED) is 0.481. The number of fused-ring (bicyclic) bond motifs is 1. The Hall–Kier alpha value is -4.33. The van der Waals surface area contributed by atoms with E-state index in [-0.39, 0.29) is 0 Å². The molecule has 4 rings (SSSR count). The number of hydrogen-bond acceptors (Lipinski definition) is 6. The van der Waals surface area contributed by atoms with Crippen LogP contribution in [0.1, 0.15) is 20.7 Å². The van der Waals surface area contributed by atoms with Crippen LogP contribution in [0.3, 0.4) is 0 Å². The average Bonchev–Trinajstić information content (AvgIpc) is 3.36. The largest absolute Gasteiger partial charge is 0.493 e. The monoisotopic (exact) mass is 417 g/mol. The lowest BCUT2D eigenvalue weighted by Crippen LogP contribution is -2.41. The number of methoxy groups -OCH3 is 2. The zero-order chi connectivity index (χ0) is 21.8. The predicted octanol–water partition coefficient (Wildman–Crippen LogP) is 3.59. The highest BCUT2D eigenvalue weighted by Gasteiger charge is 2.16. The van der Waals surface area contributed by atoms with Gasteiger partial charge in [-0.15, -0.1) is 0 Å². The molecule has 0 fully saturated rings. The second-order valence-electron chi connectivity index (χ2n) is 6.56. The van der Waals surface area contributed by atoms with Gasteiger partial charge < -0.3 is 13.9 Å². The number of pyridine rings is 1. The third-order valence-electron chi connectivity index (χ3n) is 4.71. The molecule has 0 aliphatic carbocycles. The number of benzene rings is 2. The van der Waals surface area contributed by atoms with Crippen LogP contribution in [0.2, 0.25) is 0 Å². The van der Waals surface area contributed by atoms with Crippen LogP contribution < -0.4 is 20.3 Å². The number of carbonyl (C=O) groups excluding carboxylic acids is 2. The molecule has 0 bridgehead atoms. The van der Waals surface area contributed by atoms with Gasteiger partial charge in [-0.05, 0) is 36.4 Å². The summed E-state index contributed by atoms with van der Waals surface area (Å²) in [6.45, 7) is 0. The van der Waals surface area contributed by atoms with E-state index < -0.39 is 11.8 Å². The minimum Gasteiger partial charge on any atom is -0.493 e. The van der Waals surface area contributed by atoms with E-state index in [0.717, 1.165) is 5.56 Å². The van der Waals surface area contributed by atoms with Crippen molar-refractivity contribution in [3.05, 3.63) is 78.3 Å². The van der Waals surface area contributed by atoms with Crippen molar-refractivity contribution in [3.8, 4) is 22.8 Å². The van der Waals surface area contributed by atoms with Crippen LogP contribution in [-0.2, 0) is 0 Å². The van der Waals surface area contributed by atoms with E-state index in [2.05, 4.69) is 15.8 Å². The van der Waals surface area contributed by atoms with Crippen LogP contribution >= 0.6 is 0 Å². The number of nitrogens with zero attached hydrogens (tertiary/aromatic N) is 1. The molecular formula is C23H19N3O5. The highest BCUT2D eigenvalue weighted by atomic mass is 16.5. The van der Waals surface area contributed by atoms with E-state index >= 15 is 0 Å². The SMILES string of the molecule is COc1ccc(-c2cc(C(=O)NNC(=O)c3ccoc3)c3ccccc3n2)cc1OC. The maximum Gasteiger partial charge on any atom is 0.272 e. The predicted molar refractivity (Wildman–Crippen MR) is 114 cm³/mol. The molecule has 31 heavy (non-hydrogen) atoms. The van der Waals surface area contributed by atoms with E-state index in [1.54, 1.807) is 38.5 Å². The zero-order valence-corrected chi connectivity index (χ0v) is 16.8. The number of amides is 2. The fraction of sp³-hybridized carbons (Fsp3) is 0.0870. The van der Waals surface area contributed by atoms with Gasteiger partial charge in [-0.2, -0.15) is 0 Å². The van der Waals surface area contributed by atoms with Crippen molar-refractivity contribution in [2.75, 3.05) is 14.2 Å². The molecule has 2 amide bonds. The molecular weight excluding hydrogens is 398 g/mol. The van der Waals surface area contributed by atoms with E-state index in [1.807, 2.05) is 24.3 Å². The van der Waals surface area contributed by atoms with Gasteiger partial charge in [0, 0.05) is 10.9 Å². The number of carbonyl (C=O) groups is 2. The molecule has 8 heteroatoms. The fourth-order valence-corrected chi connectivity index (χ4v) is 3.15. The number of hydrogen-bond donors (Lipinski definition) is 2. The third kappa shape index (κ3) is 4.04. The molecule has 2 aromatic carbocycles. The lowest BCUT2D eigenvalue weighted by Gasteiger charge is -2.13. The van der Waals surface area contributed by atoms with Crippen LogP contribution in [-0.4, -0.2) is 31.0 Å². The van der Waals surface area contributed by atoms with Crippen LogP contribution in [0.4, 0.5) is 0 Å². The van der Waals surface area contributed by atoms with Gasteiger partial charge >= 0.3 is 0 Å². The molecule has 0 unspecified atom stereocenters. The van der Waals surface area contributed by atoms with E-state index in [0.29, 0.717) is 39.2 Å². The standard InChI is InChI=1S/C23H19N3O5/c1-29-20-8-7-14(11-21(20)30-2)19-12-17(16-5-3-4-6-18(16)24-19)23(28)26-25-22(27)15-9-10-31-13-15/h3-13H,1-2H3,(H,25,27)(H,26,28). The molecule has 0 atom stereocenters. The van der Waals surface area contributed by atoms with Crippen molar-refractivity contribution >= 4 is 22.7 Å². The number of hydrazine groups is 1. The summed E-state index contributed by atoms with van der Waals surface area (Å²) in [5.74, 6) is 0.179. The molecule has 2 heterocycles. The van der Waals surface area contributed by atoms with Crippen molar-refractivity contribution < 1.29 is 23.5 Å². The van der Waals surface area contributed by atoms with Crippen LogP contribution in [0.25, 0.3) is 22.2 Å². The smallest absolute Gasteiger partial charge is 0.272 e. The first-order valence-corrected chi connectivity index (χ1v) is 9.36. The van der Waals surface area contributed by atoms with Crippen LogP contribution in [0.5, 0.6) is 11.5 Å². The van der Waals surface area contributed by atoms with Gasteiger partial charge in [-0.1, -0.05) is 18.2 Å². The van der Waals surface area contributed by atoms with Gasteiger partial charge in [0.2, 0.25) is 0 Å². The number of para-hydroxylation sites is 1.